The molecule has 6 heteroatoms. The van der Waals surface area contributed by atoms with Gasteiger partial charge in [0.05, 0.1) is 12.2 Å². The Hall–Kier alpha value is -2.89. The smallest absolute Gasteiger partial charge is 0.338 e. The van der Waals surface area contributed by atoms with E-state index >= 15 is 0 Å². The molecule has 0 spiro atoms. The van der Waals surface area contributed by atoms with Crippen LogP contribution in [0.4, 0.5) is 11.4 Å². The normalized spacial score (nSPS) is 10.2. The number of carbonyl (C=O) groups is 2. The minimum absolute atomic E-state index is 0.185. The topological polar surface area (TPSA) is 80.3 Å². The zero-order valence-corrected chi connectivity index (χ0v) is 14.5. The van der Waals surface area contributed by atoms with Crippen LogP contribution in [-0.2, 0) is 4.74 Å². The molecule has 1 aromatic heterocycles. The number of carbonyl (C=O) groups excluding carboxylic acids is 2. The van der Waals surface area contributed by atoms with Crippen LogP contribution in [0, 0.1) is 0 Å². The summed E-state index contributed by atoms with van der Waals surface area (Å²) < 4.78 is 4.96. The van der Waals surface area contributed by atoms with Crippen molar-refractivity contribution in [1.82, 2.24) is 10.3 Å². The van der Waals surface area contributed by atoms with Crippen molar-refractivity contribution >= 4 is 23.3 Å². The molecule has 0 radical (unpaired) electrons. The molecule has 25 heavy (non-hydrogen) atoms. The number of aromatic nitrogens is 1. The number of hydrogen-bond acceptors (Lipinski definition) is 5. The highest BCUT2D eigenvalue weighted by Gasteiger charge is 2.08. The molecule has 1 heterocycles. The molecule has 132 valence electrons. The molecule has 2 rings (SSSR count). The predicted molar refractivity (Wildman–Crippen MR) is 97.2 cm³/mol. The fourth-order valence-corrected chi connectivity index (χ4v) is 2.17. The number of nitrogens with zero attached hydrogens (tertiary/aromatic N) is 1. The third-order valence-corrected chi connectivity index (χ3v) is 3.49. The molecule has 0 saturated carbocycles. The fourth-order valence-electron chi connectivity index (χ4n) is 2.17. The summed E-state index contributed by atoms with van der Waals surface area (Å²) in [6.45, 7) is 4.83. The standard InChI is InChI=1S/C19H23N3O3/c1-3-5-11-21-18(23)17-13-16(10-12-20-17)22-15-8-6-14(7-9-15)19(24)25-4-2/h6-10,12-13H,3-5,11H2,1-2H3,(H,20,22)(H,21,23). The Morgan fingerprint density at radius 1 is 1.08 bits per heavy atom. The van der Waals surface area contributed by atoms with Gasteiger partial charge in [0.15, 0.2) is 0 Å². The van der Waals surface area contributed by atoms with E-state index in [1.54, 1.807) is 49.5 Å². The van der Waals surface area contributed by atoms with Crippen LogP contribution in [0.5, 0.6) is 0 Å². The predicted octanol–water partition coefficient (Wildman–Crippen LogP) is 3.53. The molecule has 6 nitrogen and oxygen atoms in total. The summed E-state index contributed by atoms with van der Waals surface area (Å²) in [4.78, 5) is 27.8. The number of rotatable bonds is 8. The lowest BCUT2D eigenvalue weighted by Crippen LogP contribution is -2.25. The summed E-state index contributed by atoms with van der Waals surface area (Å²) >= 11 is 0. The second kappa shape index (κ2) is 9.42. The van der Waals surface area contributed by atoms with Gasteiger partial charge in [0.1, 0.15) is 5.69 Å². The van der Waals surface area contributed by atoms with Gasteiger partial charge in [-0.2, -0.15) is 0 Å². The number of ether oxygens (including phenoxy) is 1. The summed E-state index contributed by atoms with van der Waals surface area (Å²) in [7, 11) is 0. The molecule has 0 aliphatic rings. The van der Waals surface area contributed by atoms with Crippen LogP contribution in [0.25, 0.3) is 0 Å². The molecule has 2 N–H and O–H groups in total. The average Bonchev–Trinajstić information content (AvgIpc) is 2.63. The largest absolute Gasteiger partial charge is 0.462 e. The lowest BCUT2D eigenvalue weighted by atomic mass is 10.2. The monoisotopic (exact) mass is 341 g/mol. The van der Waals surface area contributed by atoms with Crippen LogP contribution in [0.2, 0.25) is 0 Å². The Labute approximate surface area is 147 Å². The first kappa shape index (κ1) is 18.4. The van der Waals surface area contributed by atoms with Gasteiger partial charge in [0, 0.05) is 24.1 Å². The molecule has 1 amide bonds. The molecule has 0 unspecified atom stereocenters. The van der Waals surface area contributed by atoms with Crippen molar-refractivity contribution in [1.29, 1.82) is 0 Å². The van der Waals surface area contributed by atoms with Gasteiger partial charge in [-0.05, 0) is 49.7 Å². The Bertz CT molecular complexity index is 714. The summed E-state index contributed by atoms with van der Waals surface area (Å²) in [5.74, 6) is -0.529. The first-order valence-electron chi connectivity index (χ1n) is 8.42. The SMILES string of the molecule is CCCCNC(=O)c1cc(Nc2ccc(C(=O)OCC)cc2)ccn1. The van der Waals surface area contributed by atoms with Gasteiger partial charge < -0.3 is 15.4 Å². The van der Waals surface area contributed by atoms with Gasteiger partial charge in [0.2, 0.25) is 0 Å². The molecular weight excluding hydrogens is 318 g/mol. The molecule has 0 fully saturated rings. The van der Waals surface area contributed by atoms with E-state index in [9.17, 15) is 9.59 Å². The lowest BCUT2D eigenvalue weighted by molar-refractivity contribution is 0.0526. The number of unbranched alkanes of at least 4 members (excludes halogenated alkanes) is 1. The highest BCUT2D eigenvalue weighted by molar-refractivity contribution is 5.93. The van der Waals surface area contributed by atoms with Crippen LogP contribution < -0.4 is 10.6 Å². The van der Waals surface area contributed by atoms with Crippen molar-refractivity contribution in [2.24, 2.45) is 0 Å². The van der Waals surface area contributed by atoms with E-state index in [0.29, 0.717) is 24.4 Å². The van der Waals surface area contributed by atoms with Gasteiger partial charge in [-0.1, -0.05) is 13.3 Å². The zero-order valence-electron chi connectivity index (χ0n) is 14.5. The van der Waals surface area contributed by atoms with E-state index in [-0.39, 0.29) is 11.9 Å². The second-order valence-corrected chi connectivity index (χ2v) is 5.46. The number of pyridine rings is 1. The summed E-state index contributed by atoms with van der Waals surface area (Å²) in [6, 6.07) is 10.4. The minimum atomic E-state index is -0.344. The van der Waals surface area contributed by atoms with Crippen LogP contribution in [-0.4, -0.2) is 30.0 Å². The quantitative estimate of drug-likeness (QED) is 0.567. The molecular formula is C19H23N3O3. The third-order valence-electron chi connectivity index (χ3n) is 3.49. The van der Waals surface area contributed by atoms with Gasteiger partial charge in [0.25, 0.3) is 5.91 Å². The first-order chi connectivity index (χ1) is 12.1. The Balaban J connectivity index is 2.01. The number of amides is 1. The maximum atomic E-state index is 12.1. The van der Waals surface area contributed by atoms with Crippen molar-refractivity contribution in [3.05, 3.63) is 53.9 Å². The molecule has 0 aliphatic heterocycles. The Kier molecular flexibility index (Phi) is 6.95. The number of benzene rings is 1. The number of hydrogen-bond donors (Lipinski definition) is 2. The molecule has 0 saturated heterocycles. The summed E-state index contributed by atoms with van der Waals surface area (Å²) in [5, 5.41) is 6.03. The molecule has 0 atom stereocenters. The van der Waals surface area contributed by atoms with Crippen molar-refractivity contribution in [2.75, 3.05) is 18.5 Å². The molecule has 0 bridgehead atoms. The molecule has 0 aliphatic carbocycles. The van der Waals surface area contributed by atoms with E-state index in [0.717, 1.165) is 24.2 Å². The molecule has 2 aromatic rings. The number of anilines is 2. The van der Waals surface area contributed by atoms with E-state index in [4.69, 9.17) is 4.74 Å². The van der Waals surface area contributed by atoms with Crippen LogP contribution in [0.15, 0.2) is 42.6 Å². The Morgan fingerprint density at radius 3 is 2.52 bits per heavy atom. The molecule has 1 aromatic carbocycles. The van der Waals surface area contributed by atoms with E-state index < -0.39 is 0 Å². The van der Waals surface area contributed by atoms with Crippen LogP contribution in [0.3, 0.4) is 0 Å². The first-order valence-corrected chi connectivity index (χ1v) is 8.42. The van der Waals surface area contributed by atoms with E-state index in [2.05, 4.69) is 22.5 Å². The van der Waals surface area contributed by atoms with Gasteiger partial charge in [-0.3, -0.25) is 9.78 Å². The van der Waals surface area contributed by atoms with Crippen LogP contribution >= 0.6 is 0 Å². The lowest BCUT2D eigenvalue weighted by Gasteiger charge is -2.09. The summed E-state index contributed by atoms with van der Waals surface area (Å²) in [5.41, 5.74) is 2.42. The maximum absolute atomic E-state index is 12.1. The van der Waals surface area contributed by atoms with Crippen LogP contribution in [0.1, 0.15) is 47.5 Å². The fraction of sp³-hybridized carbons (Fsp3) is 0.316. The zero-order chi connectivity index (χ0) is 18.1. The second-order valence-electron chi connectivity index (χ2n) is 5.46. The van der Waals surface area contributed by atoms with Gasteiger partial charge in [-0.25, -0.2) is 4.79 Å². The minimum Gasteiger partial charge on any atom is -0.462 e. The maximum Gasteiger partial charge on any atom is 0.338 e. The van der Waals surface area contributed by atoms with Crippen molar-refractivity contribution in [3.63, 3.8) is 0 Å². The van der Waals surface area contributed by atoms with Crippen molar-refractivity contribution in [2.45, 2.75) is 26.7 Å². The van der Waals surface area contributed by atoms with Crippen molar-refractivity contribution < 1.29 is 14.3 Å². The number of esters is 1. The highest BCUT2D eigenvalue weighted by atomic mass is 16.5. The van der Waals surface area contributed by atoms with Gasteiger partial charge >= 0.3 is 5.97 Å². The van der Waals surface area contributed by atoms with E-state index in [1.807, 2.05) is 0 Å². The highest BCUT2D eigenvalue weighted by Crippen LogP contribution is 2.18. The van der Waals surface area contributed by atoms with Gasteiger partial charge in [-0.15, -0.1) is 0 Å². The Morgan fingerprint density at radius 2 is 1.84 bits per heavy atom. The van der Waals surface area contributed by atoms with E-state index in [1.165, 1.54) is 0 Å². The average molecular weight is 341 g/mol. The number of nitrogens with one attached hydrogen (secondary N) is 2. The third kappa shape index (κ3) is 5.60. The summed E-state index contributed by atoms with van der Waals surface area (Å²) in [6.07, 6.45) is 3.55. The van der Waals surface area contributed by atoms with Crippen molar-refractivity contribution in [3.8, 4) is 0 Å².